The van der Waals surface area contributed by atoms with Crippen molar-refractivity contribution in [2.75, 3.05) is 0 Å². The molecule has 0 aromatic heterocycles. The molecule has 0 unspecified atom stereocenters. The molecule has 1 aliphatic carbocycles. The van der Waals surface area contributed by atoms with E-state index in [2.05, 4.69) is 25.1 Å². The van der Waals surface area contributed by atoms with Gasteiger partial charge < -0.3 is 0 Å². The van der Waals surface area contributed by atoms with E-state index >= 15 is 0 Å². The van der Waals surface area contributed by atoms with Gasteiger partial charge in [0.25, 0.3) is 0 Å². The number of nitrogens with zero attached hydrogens (tertiary/aromatic N) is 1. The summed E-state index contributed by atoms with van der Waals surface area (Å²) in [6, 6.07) is 10.5. The Morgan fingerprint density at radius 1 is 0.952 bits per heavy atom. The summed E-state index contributed by atoms with van der Waals surface area (Å²) in [5.41, 5.74) is 2.22. The monoisotopic (exact) mass is 283 g/mol. The van der Waals surface area contributed by atoms with Gasteiger partial charge in [-0.15, -0.1) is 0 Å². The molecule has 1 heteroatoms. The molecule has 0 spiro atoms. The van der Waals surface area contributed by atoms with E-state index in [9.17, 15) is 0 Å². The standard InChI is InChI=1S/C20H29N/c1-2-3-4-5-6-7-17-8-12-19(13-9-17)20-14-10-18(16-21)11-15-20/h10-11,14-15,17,19H,2-9,12-13H2,1H3. The number of nitriles is 1. The first-order chi connectivity index (χ1) is 10.3. The fraction of sp³-hybridized carbons (Fsp3) is 0.650. The third-order valence-electron chi connectivity index (χ3n) is 5.07. The van der Waals surface area contributed by atoms with Gasteiger partial charge in [0.2, 0.25) is 0 Å². The third kappa shape index (κ3) is 5.20. The molecule has 1 nitrogen and oxygen atoms in total. The second-order valence-corrected chi connectivity index (χ2v) is 6.65. The highest BCUT2D eigenvalue weighted by Crippen LogP contribution is 2.37. The lowest BCUT2D eigenvalue weighted by Crippen LogP contribution is -2.13. The van der Waals surface area contributed by atoms with Gasteiger partial charge in [0.1, 0.15) is 0 Å². The quantitative estimate of drug-likeness (QED) is 0.547. The third-order valence-corrected chi connectivity index (χ3v) is 5.07. The van der Waals surface area contributed by atoms with Gasteiger partial charge in [-0.1, -0.05) is 57.6 Å². The van der Waals surface area contributed by atoms with Gasteiger partial charge in [0, 0.05) is 0 Å². The summed E-state index contributed by atoms with van der Waals surface area (Å²) in [5, 5.41) is 8.86. The Morgan fingerprint density at radius 3 is 2.24 bits per heavy atom. The van der Waals surface area contributed by atoms with Crippen LogP contribution in [0.1, 0.15) is 88.2 Å². The predicted octanol–water partition coefficient (Wildman–Crippen LogP) is 6.19. The van der Waals surface area contributed by atoms with Crippen LogP contribution in [0.4, 0.5) is 0 Å². The lowest BCUT2D eigenvalue weighted by Gasteiger charge is -2.29. The molecule has 1 fully saturated rings. The zero-order valence-electron chi connectivity index (χ0n) is 13.5. The van der Waals surface area contributed by atoms with Crippen LogP contribution in [0.25, 0.3) is 0 Å². The minimum atomic E-state index is 0.731. The van der Waals surface area contributed by atoms with Crippen molar-refractivity contribution in [1.29, 1.82) is 5.26 Å². The first-order valence-corrected chi connectivity index (χ1v) is 8.83. The van der Waals surface area contributed by atoms with Gasteiger partial charge in [-0.2, -0.15) is 5.26 Å². The summed E-state index contributed by atoms with van der Waals surface area (Å²) in [6.07, 6.45) is 14.0. The minimum absolute atomic E-state index is 0.731. The number of benzene rings is 1. The molecule has 0 radical (unpaired) electrons. The van der Waals surface area contributed by atoms with Crippen LogP contribution in [-0.4, -0.2) is 0 Å². The Kier molecular flexibility index (Phi) is 6.80. The molecule has 0 aliphatic heterocycles. The summed E-state index contributed by atoms with van der Waals surface area (Å²) >= 11 is 0. The Hall–Kier alpha value is -1.29. The molecule has 1 saturated carbocycles. The van der Waals surface area contributed by atoms with E-state index < -0.39 is 0 Å². The first-order valence-electron chi connectivity index (χ1n) is 8.83. The summed E-state index contributed by atoms with van der Waals surface area (Å²) in [5.74, 6) is 1.70. The van der Waals surface area contributed by atoms with Crippen molar-refractivity contribution in [1.82, 2.24) is 0 Å². The lowest BCUT2D eigenvalue weighted by molar-refractivity contribution is 0.302. The second-order valence-electron chi connectivity index (χ2n) is 6.65. The fourth-order valence-electron chi connectivity index (χ4n) is 3.65. The highest BCUT2D eigenvalue weighted by molar-refractivity contribution is 5.33. The van der Waals surface area contributed by atoms with Gasteiger partial charge in [0.05, 0.1) is 11.6 Å². The summed E-state index contributed by atoms with van der Waals surface area (Å²) < 4.78 is 0. The van der Waals surface area contributed by atoms with E-state index in [1.54, 1.807) is 0 Å². The van der Waals surface area contributed by atoms with Crippen LogP contribution in [0.3, 0.4) is 0 Å². The molecular weight excluding hydrogens is 254 g/mol. The average molecular weight is 283 g/mol. The fourth-order valence-corrected chi connectivity index (χ4v) is 3.65. The summed E-state index contributed by atoms with van der Waals surface area (Å²) in [7, 11) is 0. The van der Waals surface area contributed by atoms with Crippen molar-refractivity contribution in [3.8, 4) is 6.07 Å². The van der Waals surface area contributed by atoms with Crippen LogP contribution in [0.2, 0.25) is 0 Å². The first kappa shape index (κ1) is 16.1. The Balaban J connectivity index is 1.69. The van der Waals surface area contributed by atoms with E-state index in [4.69, 9.17) is 5.26 Å². The second kappa shape index (κ2) is 8.88. The van der Waals surface area contributed by atoms with Gasteiger partial charge in [-0.25, -0.2) is 0 Å². The molecule has 0 saturated heterocycles. The maximum atomic E-state index is 8.86. The largest absolute Gasteiger partial charge is 0.192 e. The van der Waals surface area contributed by atoms with Gasteiger partial charge in [-0.05, 0) is 55.2 Å². The van der Waals surface area contributed by atoms with E-state index in [-0.39, 0.29) is 0 Å². The summed E-state index contributed by atoms with van der Waals surface area (Å²) in [4.78, 5) is 0. The van der Waals surface area contributed by atoms with E-state index in [1.807, 2.05) is 12.1 Å². The Bertz CT molecular complexity index is 432. The van der Waals surface area contributed by atoms with Crippen molar-refractivity contribution < 1.29 is 0 Å². The topological polar surface area (TPSA) is 23.8 Å². The highest BCUT2D eigenvalue weighted by atomic mass is 14.3. The predicted molar refractivity (Wildman–Crippen MR) is 89.2 cm³/mol. The number of rotatable bonds is 7. The Labute approximate surface area is 130 Å². The minimum Gasteiger partial charge on any atom is -0.192 e. The van der Waals surface area contributed by atoms with Gasteiger partial charge in [0.15, 0.2) is 0 Å². The van der Waals surface area contributed by atoms with Gasteiger partial charge in [-0.3, -0.25) is 0 Å². The average Bonchev–Trinajstić information content (AvgIpc) is 2.55. The maximum Gasteiger partial charge on any atom is 0.0991 e. The molecule has 1 aromatic rings. The Morgan fingerprint density at radius 2 is 1.62 bits per heavy atom. The molecule has 0 atom stereocenters. The normalized spacial score (nSPS) is 21.9. The summed E-state index contributed by atoms with van der Waals surface area (Å²) in [6.45, 7) is 2.28. The van der Waals surface area contributed by atoms with E-state index in [0.29, 0.717) is 0 Å². The van der Waals surface area contributed by atoms with Crippen LogP contribution in [-0.2, 0) is 0 Å². The molecule has 2 rings (SSSR count). The number of hydrogen-bond acceptors (Lipinski definition) is 1. The molecule has 114 valence electrons. The zero-order valence-corrected chi connectivity index (χ0v) is 13.5. The maximum absolute atomic E-state index is 8.86. The highest BCUT2D eigenvalue weighted by Gasteiger charge is 2.21. The van der Waals surface area contributed by atoms with Crippen molar-refractivity contribution in [2.24, 2.45) is 5.92 Å². The molecular formula is C20H29N. The van der Waals surface area contributed by atoms with Crippen LogP contribution in [0, 0.1) is 17.2 Å². The van der Waals surface area contributed by atoms with Crippen LogP contribution < -0.4 is 0 Å². The molecule has 0 N–H and O–H groups in total. The number of unbranched alkanes of at least 4 members (excludes halogenated alkanes) is 4. The molecule has 0 heterocycles. The van der Waals surface area contributed by atoms with Crippen molar-refractivity contribution in [2.45, 2.75) is 77.0 Å². The van der Waals surface area contributed by atoms with Crippen LogP contribution in [0.15, 0.2) is 24.3 Å². The lowest BCUT2D eigenvalue weighted by atomic mass is 9.77. The molecule has 21 heavy (non-hydrogen) atoms. The van der Waals surface area contributed by atoms with Crippen LogP contribution in [0.5, 0.6) is 0 Å². The van der Waals surface area contributed by atoms with Crippen LogP contribution >= 0.6 is 0 Å². The smallest absolute Gasteiger partial charge is 0.0991 e. The molecule has 1 aliphatic rings. The van der Waals surface area contributed by atoms with Crippen molar-refractivity contribution in [3.63, 3.8) is 0 Å². The van der Waals surface area contributed by atoms with E-state index in [0.717, 1.165) is 17.4 Å². The van der Waals surface area contributed by atoms with Gasteiger partial charge >= 0.3 is 0 Å². The van der Waals surface area contributed by atoms with Crippen molar-refractivity contribution in [3.05, 3.63) is 35.4 Å². The van der Waals surface area contributed by atoms with Crippen molar-refractivity contribution >= 4 is 0 Å². The van der Waals surface area contributed by atoms with E-state index in [1.165, 1.54) is 69.8 Å². The molecule has 1 aromatic carbocycles. The zero-order chi connectivity index (χ0) is 14.9. The molecule has 0 amide bonds. The number of hydrogen-bond donors (Lipinski definition) is 0. The SMILES string of the molecule is CCCCCCCC1CCC(c2ccc(C#N)cc2)CC1. The molecule has 0 bridgehead atoms.